The number of nitrogens with zero attached hydrogens (tertiary/aromatic N) is 2. The summed E-state index contributed by atoms with van der Waals surface area (Å²) >= 11 is 0. The van der Waals surface area contributed by atoms with Crippen molar-refractivity contribution < 1.29 is 0 Å². The average Bonchev–Trinajstić information content (AvgIpc) is 2.20. The van der Waals surface area contributed by atoms with Crippen LogP contribution in [0.5, 0.6) is 0 Å². The van der Waals surface area contributed by atoms with E-state index in [2.05, 4.69) is 29.2 Å². The smallest absolute Gasteiger partial charge is 0.146 e. The molecule has 0 saturated heterocycles. The maximum absolute atomic E-state index is 5.40. The molecule has 4 nitrogen and oxygen atoms in total. The third-order valence-electron chi connectivity index (χ3n) is 2.24. The first-order valence-corrected chi connectivity index (χ1v) is 5.05. The first-order chi connectivity index (χ1) is 6.72. The minimum absolute atomic E-state index is 0.750. The van der Waals surface area contributed by atoms with Crippen molar-refractivity contribution in [2.24, 2.45) is 5.84 Å². The molecular formula is C10H18N4. The zero-order valence-electron chi connectivity index (χ0n) is 9.09. The topological polar surface area (TPSA) is 63.8 Å². The van der Waals surface area contributed by atoms with Crippen LogP contribution in [0.2, 0.25) is 0 Å². The van der Waals surface area contributed by atoms with Crippen molar-refractivity contribution in [3.63, 3.8) is 0 Å². The summed E-state index contributed by atoms with van der Waals surface area (Å²) < 4.78 is 0. The van der Waals surface area contributed by atoms with Gasteiger partial charge >= 0.3 is 0 Å². The molecule has 0 aliphatic carbocycles. The van der Waals surface area contributed by atoms with Gasteiger partial charge in [0.25, 0.3) is 0 Å². The van der Waals surface area contributed by atoms with Gasteiger partial charge in [-0.2, -0.15) is 0 Å². The minimum Gasteiger partial charge on any atom is -0.308 e. The highest BCUT2D eigenvalue weighted by molar-refractivity contribution is 5.44. The van der Waals surface area contributed by atoms with E-state index in [1.807, 2.05) is 6.92 Å². The van der Waals surface area contributed by atoms with E-state index in [4.69, 9.17) is 5.84 Å². The molecule has 1 aromatic heterocycles. The van der Waals surface area contributed by atoms with Crippen molar-refractivity contribution in [2.45, 2.75) is 40.0 Å². The quantitative estimate of drug-likeness (QED) is 0.564. The second-order valence-corrected chi connectivity index (χ2v) is 3.31. The summed E-state index contributed by atoms with van der Waals surface area (Å²) in [4.78, 5) is 8.82. The summed E-state index contributed by atoms with van der Waals surface area (Å²) in [7, 11) is 0. The molecule has 0 atom stereocenters. The van der Waals surface area contributed by atoms with Gasteiger partial charge < -0.3 is 5.43 Å². The van der Waals surface area contributed by atoms with Crippen LogP contribution in [0.1, 0.15) is 37.4 Å². The SMILES string of the molecule is CCCc1nc(CC)c(C)c(NN)n1. The lowest BCUT2D eigenvalue weighted by Crippen LogP contribution is -2.14. The number of aryl methyl sites for hydroxylation is 2. The van der Waals surface area contributed by atoms with Crippen molar-refractivity contribution in [1.82, 2.24) is 9.97 Å². The summed E-state index contributed by atoms with van der Waals surface area (Å²) in [6, 6.07) is 0. The van der Waals surface area contributed by atoms with Crippen LogP contribution in [-0.4, -0.2) is 9.97 Å². The molecule has 78 valence electrons. The standard InChI is InChI=1S/C10H18N4/c1-4-6-9-12-8(5-2)7(3)10(13-9)14-11/h4-6,11H2,1-3H3,(H,12,13,14). The summed E-state index contributed by atoms with van der Waals surface area (Å²) in [5, 5.41) is 0. The van der Waals surface area contributed by atoms with Crippen LogP contribution in [0.15, 0.2) is 0 Å². The van der Waals surface area contributed by atoms with Crippen molar-refractivity contribution >= 4 is 5.82 Å². The second-order valence-electron chi connectivity index (χ2n) is 3.31. The van der Waals surface area contributed by atoms with E-state index in [1.54, 1.807) is 0 Å². The molecule has 0 aliphatic rings. The summed E-state index contributed by atoms with van der Waals surface area (Å²) in [6.07, 6.45) is 2.87. The molecule has 0 unspecified atom stereocenters. The van der Waals surface area contributed by atoms with E-state index in [0.717, 1.165) is 42.2 Å². The Morgan fingerprint density at radius 2 is 2.00 bits per heavy atom. The number of nitrogens with one attached hydrogen (secondary N) is 1. The van der Waals surface area contributed by atoms with Gasteiger partial charge in [0, 0.05) is 17.7 Å². The number of nitrogen functional groups attached to an aromatic ring is 1. The number of rotatable bonds is 4. The molecular weight excluding hydrogens is 176 g/mol. The van der Waals surface area contributed by atoms with Crippen molar-refractivity contribution in [1.29, 1.82) is 0 Å². The number of hydrazine groups is 1. The average molecular weight is 194 g/mol. The molecule has 0 aromatic carbocycles. The Morgan fingerprint density at radius 3 is 2.50 bits per heavy atom. The second kappa shape index (κ2) is 4.91. The molecule has 1 heterocycles. The van der Waals surface area contributed by atoms with E-state index >= 15 is 0 Å². The van der Waals surface area contributed by atoms with Gasteiger partial charge in [-0.3, -0.25) is 0 Å². The lowest BCUT2D eigenvalue weighted by Gasteiger charge is -2.10. The summed E-state index contributed by atoms with van der Waals surface area (Å²) in [5.74, 6) is 7.03. The lowest BCUT2D eigenvalue weighted by atomic mass is 10.2. The van der Waals surface area contributed by atoms with Crippen molar-refractivity contribution in [3.8, 4) is 0 Å². The summed E-state index contributed by atoms with van der Waals surface area (Å²) in [6.45, 7) is 6.19. The van der Waals surface area contributed by atoms with E-state index in [9.17, 15) is 0 Å². The maximum Gasteiger partial charge on any atom is 0.146 e. The van der Waals surface area contributed by atoms with Gasteiger partial charge in [0.1, 0.15) is 11.6 Å². The molecule has 0 bridgehead atoms. The predicted octanol–water partition coefficient (Wildman–Crippen LogP) is 1.59. The number of anilines is 1. The molecule has 1 rings (SSSR count). The zero-order chi connectivity index (χ0) is 10.6. The Labute approximate surface area is 84.9 Å². The normalized spacial score (nSPS) is 10.3. The van der Waals surface area contributed by atoms with E-state index in [0.29, 0.717) is 0 Å². The van der Waals surface area contributed by atoms with Gasteiger partial charge in [0.05, 0.1) is 0 Å². The van der Waals surface area contributed by atoms with Crippen LogP contribution < -0.4 is 11.3 Å². The highest BCUT2D eigenvalue weighted by Gasteiger charge is 2.07. The monoisotopic (exact) mass is 194 g/mol. The van der Waals surface area contributed by atoms with Crippen LogP contribution in [0, 0.1) is 6.92 Å². The molecule has 0 fully saturated rings. The number of hydrogen-bond acceptors (Lipinski definition) is 4. The third-order valence-corrected chi connectivity index (χ3v) is 2.24. The highest BCUT2D eigenvalue weighted by atomic mass is 15.3. The fourth-order valence-electron chi connectivity index (χ4n) is 1.43. The Bertz CT molecular complexity index is 284. The molecule has 0 saturated carbocycles. The number of aromatic nitrogens is 2. The van der Waals surface area contributed by atoms with Gasteiger partial charge in [-0.05, 0) is 19.8 Å². The Kier molecular flexibility index (Phi) is 3.83. The molecule has 0 spiro atoms. The molecule has 4 heteroatoms. The third kappa shape index (κ3) is 2.20. The fraction of sp³-hybridized carbons (Fsp3) is 0.600. The highest BCUT2D eigenvalue weighted by Crippen LogP contribution is 2.15. The Balaban J connectivity index is 3.11. The van der Waals surface area contributed by atoms with Gasteiger partial charge in [-0.15, -0.1) is 0 Å². The fourth-order valence-corrected chi connectivity index (χ4v) is 1.43. The lowest BCUT2D eigenvalue weighted by molar-refractivity contribution is 0.807. The maximum atomic E-state index is 5.40. The van der Waals surface area contributed by atoms with E-state index < -0.39 is 0 Å². The van der Waals surface area contributed by atoms with Crippen LogP contribution in [0.25, 0.3) is 0 Å². The van der Waals surface area contributed by atoms with E-state index in [1.165, 1.54) is 0 Å². The molecule has 14 heavy (non-hydrogen) atoms. The van der Waals surface area contributed by atoms with Gasteiger partial charge in [0.15, 0.2) is 0 Å². The predicted molar refractivity (Wildman–Crippen MR) is 58.0 cm³/mol. The van der Waals surface area contributed by atoms with Crippen LogP contribution in [-0.2, 0) is 12.8 Å². The van der Waals surface area contributed by atoms with Crippen molar-refractivity contribution in [3.05, 3.63) is 17.1 Å². The van der Waals surface area contributed by atoms with Gasteiger partial charge in [-0.25, -0.2) is 15.8 Å². The number of hydrogen-bond donors (Lipinski definition) is 2. The molecule has 0 amide bonds. The molecule has 1 aromatic rings. The molecule has 0 radical (unpaired) electrons. The Morgan fingerprint density at radius 1 is 1.29 bits per heavy atom. The zero-order valence-corrected chi connectivity index (χ0v) is 9.09. The van der Waals surface area contributed by atoms with E-state index in [-0.39, 0.29) is 0 Å². The molecule has 0 aliphatic heterocycles. The molecule has 3 N–H and O–H groups in total. The van der Waals surface area contributed by atoms with Crippen molar-refractivity contribution in [2.75, 3.05) is 5.43 Å². The van der Waals surface area contributed by atoms with Crippen LogP contribution in [0.3, 0.4) is 0 Å². The first-order valence-electron chi connectivity index (χ1n) is 5.05. The van der Waals surface area contributed by atoms with Crippen LogP contribution in [0.4, 0.5) is 5.82 Å². The largest absolute Gasteiger partial charge is 0.308 e. The first kappa shape index (κ1) is 10.9. The minimum atomic E-state index is 0.750. The summed E-state index contributed by atoms with van der Waals surface area (Å²) in [5.41, 5.74) is 4.75. The number of nitrogens with two attached hydrogens (primary N) is 1. The van der Waals surface area contributed by atoms with Gasteiger partial charge in [-0.1, -0.05) is 13.8 Å². The van der Waals surface area contributed by atoms with Crippen LogP contribution >= 0.6 is 0 Å². The Hall–Kier alpha value is -1.16. The van der Waals surface area contributed by atoms with Gasteiger partial charge in [0.2, 0.25) is 0 Å².